The Balaban J connectivity index is 2.81. The maximum absolute atomic E-state index is 5.72. The molecule has 0 fully saturated rings. The van der Waals surface area contributed by atoms with E-state index in [0.29, 0.717) is 6.54 Å². The molecule has 0 bridgehead atoms. The molecule has 0 radical (unpaired) electrons. The lowest BCUT2D eigenvalue weighted by Crippen LogP contribution is -1.94. The molecular formula is C12H16N2O. The summed E-state index contributed by atoms with van der Waals surface area (Å²) >= 11 is 0. The Kier molecular flexibility index (Phi) is 2.40. The van der Waals surface area contributed by atoms with Crippen LogP contribution in [0.3, 0.4) is 0 Å². The fourth-order valence-corrected chi connectivity index (χ4v) is 2.11. The molecule has 0 saturated heterocycles. The smallest absolute Gasteiger partial charge is 0.119 e. The van der Waals surface area contributed by atoms with E-state index in [-0.39, 0.29) is 0 Å². The van der Waals surface area contributed by atoms with E-state index in [1.165, 1.54) is 16.5 Å². The van der Waals surface area contributed by atoms with Gasteiger partial charge < -0.3 is 15.0 Å². The monoisotopic (exact) mass is 204 g/mol. The second-order valence-corrected chi connectivity index (χ2v) is 3.81. The fraction of sp³-hybridized carbons (Fsp3) is 0.333. The molecule has 1 aromatic heterocycles. The van der Waals surface area contributed by atoms with Crippen LogP contribution in [0, 0.1) is 6.92 Å². The van der Waals surface area contributed by atoms with Crippen molar-refractivity contribution in [2.24, 2.45) is 12.8 Å². The van der Waals surface area contributed by atoms with Crippen molar-refractivity contribution in [3.8, 4) is 5.75 Å². The first-order valence-electron chi connectivity index (χ1n) is 5.00. The van der Waals surface area contributed by atoms with Crippen LogP contribution in [0.5, 0.6) is 5.75 Å². The van der Waals surface area contributed by atoms with Gasteiger partial charge in [-0.1, -0.05) is 0 Å². The molecule has 2 rings (SSSR count). The van der Waals surface area contributed by atoms with Crippen molar-refractivity contribution in [2.75, 3.05) is 7.11 Å². The van der Waals surface area contributed by atoms with Crippen molar-refractivity contribution in [3.05, 3.63) is 29.5 Å². The maximum Gasteiger partial charge on any atom is 0.119 e. The van der Waals surface area contributed by atoms with Gasteiger partial charge in [-0.25, -0.2) is 0 Å². The second kappa shape index (κ2) is 3.59. The molecule has 80 valence electrons. The van der Waals surface area contributed by atoms with E-state index in [1.807, 2.05) is 19.2 Å². The molecule has 2 aromatic rings. The van der Waals surface area contributed by atoms with Gasteiger partial charge in [0.15, 0.2) is 0 Å². The summed E-state index contributed by atoms with van der Waals surface area (Å²) in [5, 5.41) is 1.19. The number of benzene rings is 1. The van der Waals surface area contributed by atoms with Crippen molar-refractivity contribution in [2.45, 2.75) is 13.5 Å². The van der Waals surface area contributed by atoms with E-state index < -0.39 is 0 Å². The van der Waals surface area contributed by atoms with E-state index in [0.717, 1.165) is 11.3 Å². The van der Waals surface area contributed by atoms with E-state index in [1.54, 1.807) is 7.11 Å². The molecule has 0 aliphatic heterocycles. The van der Waals surface area contributed by atoms with Crippen LogP contribution in [-0.2, 0) is 13.6 Å². The van der Waals surface area contributed by atoms with Gasteiger partial charge in [0.05, 0.1) is 12.6 Å². The van der Waals surface area contributed by atoms with E-state index in [9.17, 15) is 0 Å². The van der Waals surface area contributed by atoms with Gasteiger partial charge in [-0.3, -0.25) is 0 Å². The van der Waals surface area contributed by atoms with Crippen molar-refractivity contribution >= 4 is 10.9 Å². The number of nitrogens with zero attached hydrogens (tertiary/aromatic N) is 1. The number of hydrogen-bond donors (Lipinski definition) is 1. The topological polar surface area (TPSA) is 40.2 Å². The third kappa shape index (κ3) is 1.49. The molecule has 0 amide bonds. The highest BCUT2D eigenvalue weighted by Gasteiger charge is 2.09. The summed E-state index contributed by atoms with van der Waals surface area (Å²) in [5.74, 6) is 0.890. The standard InChI is InChI=1S/C12H16N2O/c1-8-4-10(15-3)5-11-9(6-13)7-14(2)12(8)11/h4-5,7H,6,13H2,1-3H3. The number of ether oxygens (including phenoxy) is 1. The third-order valence-electron chi connectivity index (χ3n) is 2.78. The zero-order valence-electron chi connectivity index (χ0n) is 9.37. The van der Waals surface area contributed by atoms with Crippen LogP contribution in [-0.4, -0.2) is 11.7 Å². The third-order valence-corrected chi connectivity index (χ3v) is 2.78. The van der Waals surface area contributed by atoms with Crippen LogP contribution in [0.2, 0.25) is 0 Å². The van der Waals surface area contributed by atoms with Crippen LogP contribution < -0.4 is 10.5 Å². The van der Waals surface area contributed by atoms with Gasteiger partial charge in [0.25, 0.3) is 0 Å². The van der Waals surface area contributed by atoms with Crippen molar-refractivity contribution in [1.29, 1.82) is 0 Å². The van der Waals surface area contributed by atoms with Gasteiger partial charge in [0.1, 0.15) is 5.75 Å². The van der Waals surface area contributed by atoms with Gasteiger partial charge in [-0.05, 0) is 30.2 Å². The summed E-state index contributed by atoms with van der Waals surface area (Å²) in [6.07, 6.45) is 2.08. The van der Waals surface area contributed by atoms with Gasteiger partial charge in [-0.15, -0.1) is 0 Å². The predicted molar refractivity (Wildman–Crippen MR) is 62.1 cm³/mol. The number of fused-ring (bicyclic) bond motifs is 1. The molecule has 3 heteroatoms. The summed E-state index contributed by atoms with van der Waals surface area (Å²) in [5.41, 5.74) is 9.33. The van der Waals surface area contributed by atoms with Gasteiger partial charge in [-0.2, -0.15) is 0 Å². The van der Waals surface area contributed by atoms with Gasteiger partial charge >= 0.3 is 0 Å². The first-order chi connectivity index (χ1) is 7.17. The molecular weight excluding hydrogens is 188 g/mol. The van der Waals surface area contributed by atoms with Crippen molar-refractivity contribution in [1.82, 2.24) is 4.57 Å². The van der Waals surface area contributed by atoms with Crippen molar-refractivity contribution in [3.63, 3.8) is 0 Å². The van der Waals surface area contributed by atoms with Crippen molar-refractivity contribution < 1.29 is 4.74 Å². The highest BCUT2D eigenvalue weighted by Crippen LogP contribution is 2.28. The predicted octanol–water partition coefficient (Wildman–Crippen LogP) is 1.95. The SMILES string of the molecule is COc1cc(C)c2c(c1)c(CN)cn2C. The first kappa shape index (κ1) is 10.1. The average Bonchev–Trinajstić information content (AvgIpc) is 2.55. The lowest BCUT2D eigenvalue weighted by Gasteiger charge is -2.05. The zero-order chi connectivity index (χ0) is 11.0. The Labute approximate surface area is 89.4 Å². The lowest BCUT2D eigenvalue weighted by atomic mass is 10.1. The van der Waals surface area contributed by atoms with Crippen LogP contribution >= 0.6 is 0 Å². The molecule has 0 unspecified atom stereocenters. The molecule has 3 nitrogen and oxygen atoms in total. The Morgan fingerprint density at radius 3 is 2.73 bits per heavy atom. The quantitative estimate of drug-likeness (QED) is 0.812. The summed E-state index contributed by atoms with van der Waals surface area (Å²) in [4.78, 5) is 0. The van der Waals surface area contributed by atoms with E-state index >= 15 is 0 Å². The molecule has 15 heavy (non-hydrogen) atoms. The summed E-state index contributed by atoms with van der Waals surface area (Å²) in [6.45, 7) is 2.65. The second-order valence-electron chi connectivity index (χ2n) is 3.81. The molecule has 1 aromatic carbocycles. The number of methoxy groups -OCH3 is 1. The van der Waals surface area contributed by atoms with Gasteiger partial charge in [0, 0.05) is 25.2 Å². The summed E-state index contributed by atoms with van der Waals surface area (Å²) < 4.78 is 7.38. The molecule has 0 aliphatic carbocycles. The van der Waals surface area contributed by atoms with Crippen LogP contribution in [0.15, 0.2) is 18.3 Å². The number of nitrogens with two attached hydrogens (primary N) is 1. The van der Waals surface area contributed by atoms with Crippen LogP contribution in [0.25, 0.3) is 10.9 Å². The fourth-order valence-electron chi connectivity index (χ4n) is 2.11. The van der Waals surface area contributed by atoms with E-state index in [4.69, 9.17) is 10.5 Å². The minimum atomic E-state index is 0.559. The Bertz CT molecular complexity index is 500. The molecule has 1 heterocycles. The molecule has 0 spiro atoms. The van der Waals surface area contributed by atoms with Crippen LogP contribution in [0.1, 0.15) is 11.1 Å². The first-order valence-corrected chi connectivity index (χ1v) is 5.00. The molecule has 0 saturated carbocycles. The zero-order valence-corrected chi connectivity index (χ0v) is 9.37. The Morgan fingerprint density at radius 2 is 2.13 bits per heavy atom. The molecule has 2 N–H and O–H groups in total. The van der Waals surface area contributed by atoms with E-state index in [2.05, 4.69) is 17.7 Å². The maximum atomic E-state index is 5.72. The minimum Gasteiger partial charge on any atom is -0.497 e. The molecule has 0 atom stereocenters. The minimum absolute atomic E-state index is 0.559. The lowest BCUT2D eigenvalue weighted by molar-refractivity contribution is 0.415. The van der Waals surface area contributed by atoms with Crippen LogP contribution in [0.4, 0.5) is 0 Å². The highest BCUT2D eigenvalue weighted by molar-refractivity contribution is 5.88. The highest BCUT2D eigenvalue weighted by atomic mass is 16.5. The largest absolute Gasteiger partial charge is 0.497 e. The average molecular weight is 204 g/mol. The number of aromatic nitrogens is 1. The number of rotatable bonds is 2. The Morgan fingerprint density at radius 1 is 1.40 bits per heavy atom. The normalized spacial score (nSPS) is 10.9. The number of hydrogen-bond acceptors (Lipinski definition) is 2. The molecule has 0 aliphatic rings. The summed E-state index contributed by atoms with van der Waals surface area (Å²) in [7, 11) is 3.73. The van der Waals surface area contributed by atoms with Gasteiger partial charge in [0.2, 0.25) is 0 Å². The Hall–Kier alpha value is -1.48. The number of aryl methyl sites for hydroxylation is 2. The summed E-state index contributed by atoms with van der Waals surface area (Å²) in [6, 6.07) is 4.09.